The number of carbonyl (C=O) groups excluding carboxylic acids is 3. The van der Waals surface area contributed by atoms with Crippen LogP contribution >= 0.6 is 21.6 Å². The molecule has 0 aromatic rings. The molecule has 3 aliphatic carbocycles. The van der Waals surface area contributed by atoms with E-state index < -0.39 is 29.0 Å². The number of epoxide rings is 3. The second-order valence-electron chi connectivity index (χ2n) is 14.8. The van der Waals surface area contributed by atoms with Crippen molar-refractivity contribution in [3.63, 3.8) is 0 Å². The Kier molecular flexibility index (Phi) is 7.56. The van der Waals surface area contributed by atoms with Gasteiger partial charge in [0.05, 0.1) is 6.10 Å². The van der Waals surface area contributed by atoms with Crippen molar-refractivity contribution >= 4 is 39.6 Å². The minimum Gasteiger partial charge on any atom is -0.458 e. The summed E-state index contributed by atoms with van der Waals surface area (Å²) in [7, 11) is 3.96. The average Bonchev–Trinajstić information content (AvgIpc) is 3.95. The van der Waals surface area contributed by atoms with Gasteiger partial charge in [-0.2, -0.15) is 0 Å². The zero-order valence-electron chi connectivity index (χ0n) is 26.5. The molecule has 2 N–H and O–H groups in total. The van der Waals surface area contributed by atoms with Crippen LogP contribution in [0.2, 0.25) is 0 Å². The molecular formula is C33H46N2O8S2. The van der Waals surface area contributed by atoms with Crippen molar-refractivity contribution in [2.24, 2.45) is 17.3 Å². The zero-order chi connectivity index (χ0) is 31.2. The van der Waals surface area contributed by atoms with Crippen LogP contribution in [0.4, 0.5) is 4.79 Å². The predicted octanol–water partition coefficient (Wildman–Crippen LogP) is 4.45. The van der Waals surface area contributed by atoms with E-state index in [9.17, 15) is 14.4 Å². The van der Waals surface area contributed by atoms with Crippen molar-refractivity contribution in [3.8, 4) is 0 Å². The number of rotatable bonds is 12. The Bertz CT molecular complexity index is 1310. The summed E-state index contributed by atoms with van der Waals surface area (Å²) in [5, 5.41) is 6.73. The minimum absolute atomic E-state index is 0.109. The van der Waals surface area contributed by atoms with Gasteiger partial charge >= 0.3 is 12.1 Å². The fourth-order valence-corrected chi connectivity index (χ4v) is 13.0. The van der Waals surface area contributed by atoms with Crippen LogP contribution in [0.25, 0.3) is 0 Å². The van der Waals surface area contributed by atoms with Crippen molar-refractivity contribution in [1.29, 1.82) is 0 Å². The average molecular weight is 663 g/mol. The minimum atomic E-state index is -0.752. The summed E-state index contributed by atoms with van der Waals surface area (Å²) >= 11 is 0. The van der Waals surface area contributed by atoms with Crippen LogP contribution in [-0.4, -0.2) is 89.9 Å². The van der Waals surface area contributed by atoms with Crippen molar-refractivity contribution < 1.29 is 38.1 Å². The number of unbranched alkanes of at least 4 members (excludes halogenated alkanes) is 2. The lowest BCUT2D eigenvalue weighted by Crippen LogP contribution is -2.70. The SMILES string of the molecule is CC(C)[C@]12O[C@H]1[C@@H]1O[C@]13[C@]1(O[C@H]1C[C@H]1C4=C(CC[C@@]13C)C(=O)OC4)[C@@H]2OC(=O)NCCCCNC(=O)CCCCC1CCSS1. The van der Waals surface area contributed by atoms with Crippen LogP contribution in [-0.2, 0) is 33.3 Å². The second kappa shape index (κ2) is 11.0. The van der Waals surface area contributed by atoms with Gasteiger partial charge in [0.15, 0.2) is 11.7 Å². The quantitative estimate of drug-likeness (QED) is 0.134. The van der Waals surface area contributed by atoms with Crippen LogP contribution in [0, 0.1) is 17.3 Å². The molecule has 4 saturated heterocycles. The first-order valence-electron chi connectivity index (χ1n) is 17.1. The molecule has 0 bridgehead atoms. The highest BCUT2D eigenvalue weighted by Gasteiger charge is 3.01. The molecule has 8 aliphatic rings. The number of fused-ring (bicyclic) bond motifs is 4. The van der Waals surface area contributed by atoms with Crippen LogP contribution in [0.15, 0.2) is 11.1 Å². The maximum atomic E-state index is 13.3. The van der Waals surface area contributed by atoms with Crippen molar-refractivity contribution in [2.45, 2.75) is 131 Å². The van der Waals surface area contributed by atoms with Gasteiger partial charge in [0, 0.05) is 41.5 Å². The van der Waals surface area contributed by atoms with Crippen molar-refractivity contribution in [3.05, 3.63) is 11.1 Å². The van der Waals surface area contributed by atoms with E-state index in [4.69, 9.17) is 23.7 Å². The molecule has 248 valence electrons. The fraction of sp³-hybridized carbons (Fsp3) is 0.848. The summed E-state index contributed by atoms with van der Waals surface area (Å²) in [5.74, 6) is 1.43. The molecule has 1 unspecified atom stereocenters. The number of alkyl carbamates (subject to hydrolysis) is 1. The highest BCUT2D eigenvalue weighted by atomic mass is 33.1. The van der Waals surface area contributed by atoms with Gasteiger partial charge in [0.1, 0.15) is 30.0 Å². The third-order valence-electron chi connectivity index (χ3n) is 12.4. The number of hydrogen-bond acceptors (Lipinski definition) is 10. The first-order valence-corrected chi connectivity index (χ1v) is 19.5. The van der Waals surface area contributed by atoms with Crippen molar-refractivity contribution in [2.75, 3.05) is 25.4 Å². The second-order valence-corrected chi connectivity index (χ2v) is 17.6. The molecule has 2 spiro atoms. The molecule has 5 heterocycles. The number of cyclic esters (lactones) is 1. The smallest absolute Gasteiger partial charge is 0.407 e. The molecule has 0 aromatic carbocycles. The third kappa shape index (κ3) is 4.43. The summed E-state index contributed by atoms with van der Waals surface area (Å²) in [6.45, 7) is 7.94. The summed E-state index contributed by atoms with van der Waals surface area (Å²) in [4.78, 5) is 37.9. The highest BCUT2D eigenvalue weighted by molar-refractivity contribution is 8.77. The lowest BCUT2D eigenvalue weighted by Gasteiger charge is -2.53. The molecule has 6 fully saturated rings. The Hall–Kier alpha value is -1.47. The molecule has 45 heavy (non-hydrogen) atoms. The molecule has 2 saturated carbocycles. The predicted molar refractivity (Wildman–Crippen MR) is 169 cm³/mol. The number of hydrogen-bond donors (Lipinski definition) is 2. The van der Waals surface area contributed by atoms with Gasteiger partial charge in [0.25, 0.3) is 0 Å². The molecule has 0 aromatic heterocycles. The molecular weight excluding hydrogens is 617 g/mol. The molecule has 2 amide bonds. The van der Waals surface area contributed by atoms with Gasteiger partial charge in [-0.1, -0.05) is 48.8 Å². The van der Waals surface area contributed by atoms with E-state index in [0.717, 1.165) is 54.9 Å². The topological polar surface area (TPSA) is 131 Å². The molecule has 5 aliphatic heterocycles. The van der Waals surface area contributed by atoms with Gasteiger partial charge in [0.2, 0.25) is 5.91 Å². The molecule has 12 heteroatoms. The third-order valence-corrected chi connectivity index (χ3v) is 15.4. The number of amides is 2. The molecule has 0 radical (unpaired) electrons. The normalized spacial score (nSPS) is 44.5. The number of esters is 1. The van der Waals surface area contributed by atoms with Crippen LogP contribution in [0.5, 0.6) is 0 Å². The number of nitrogens with one attached hydrogen (secondary N) is 2. The van der Waals surface area contributed by atoms with Gasteiger partial charge in [-0.3, -0.25) is 4.79 Å². The first-order chi connectivity index (χ1) is 21.7. The summed E-state index contributed by atoms with van der Waals surface area (Å²) in [6.07, 6.45) is 7.44. The van der Waals surface area contributed by atoms with Crippen LogP contribution < -0.4 is 10.6 Å². The maximum absolute atomic E-state index is 13.3. The van der Waals surface area contributed by atoms with Gasteiger partial charge < -0.3 is 34.3 Å². The van der Waals surface area contributed by atoms with E-state index in [2.05, 4.69) is 31.4 Å². The summed E-state index contributed by atoms with van der Waals surface area (Å²) in [6, 6.07) is 0. The van der Waals surface area contributed by atoms with E-state index in [1.54, 1.807) is 0 Å². The summed E-state index contributed by atoms with van der Waals surface area (Å²) < 4.78 is 31.7. The van der Waals surface area contributed by atoms with Crippen molar-refractivity contribution in [1.82, 2.24) is 10.6 Å². The van der Waals surface area contributed by atoms with Crippen LogP contribution in [0.3, 0.4) is 0 Å². The van der Waals surface area contributed by atoms with Gasteiger partial charge in [-0.25, -0.2) is 9.59 Å². The number of carbonyl (C=O) groups is 3. The first kappa shape index (κ1) is 30.8. The lowest BCUT2D eigenvalue weighted by atomic mass is 9.46. The Labute approximate surface area is 272 Å². The Morgan fingerprint density at radius 3 is 2.67 bits per heavy atom. The number of ether oxygens (including phenoxy) is 5. The lowest BCUT2D eigenvalue weighted by molar-refractivity contribution is -0.136. The van der Waals surface area contributed by atoms with E-state index in [1.807, 2.05) is 21.6 Å². The monoisotopic (exact) mass is 662 g/mol. The Morgan fingerprint density at radius 2 is 1.89 bits per heavy atom. The van der Waals surface area contributed by atoms with E-state index in [1.165, 1.54) is 18.6 Å². The zero-order valence-corrected chi connectivity index (χ0v) is 28.2. The molecule has 8 rings (SSSR count). The van der Waals surface area contributed by atoms with E-state index in [0.29, 0.717) is 32.5 Å². The van der Waals surface area contributed by atoms with E-state index in [-0.39, 0.29) is 47.4 Å². The van der Waals surface area contributed by atoms with E-state index >= 15 is 0 Å². The fourth-order valence-electron chi connectivity index (χ4n) is 9.97. The highest BCUT2D eigenvalue weighted by Crippen LogP contribution is 2.83. The molecule has 10 atom stereocenters. The summed E-state index contributed by atoms with van der Waals surface area (Å²) in [5.41, 5.74) is -0.321. The maximum Gasteiger partial charge on any atom is 0.407 e. The standard InChI is InChI=1S/C33H46N2O8S2/c1-18(2)31-25(42-31)26-33(43-26)30(3)12-10-20-21(17-39-27(20)37)22(30)16-23-32(33,41-23)28(31)40-29(38)35-14-7-6-13-34-24(36)9-5-4-8-19-11-15-44-45-19/h18-19,22-23,25-26,28H,4-17H2,1-3H3,(H,34,36)(H,35,38)/t19?,22-,23-,25-,26-,28+,30-,31-,32+,33+/m0/s1. The van der Waals surface area contributed by atoms with Gasteiger partial charge in [-0.15, -0.1) is 0 Å². The Balaban J connectivity index is 0.857. The molecule has 10 nitrogen and oxygen atoms in total. The largest absolute Gasteiger partial charge is 0.458 e. The Morgan fingerprint density at radius 1 is 1.07 bits per heavy atom. The van der Waals surface area contributed by atoms with Crippen LogP contribution in [0.1, 0.15) is 85.0 Å². The van der Waals surface area contributed by atoms with Gasteiger partial charge in [-0.05, 0) is 68.8 Å².